The van der Waals surface area contributed by atoms with Gasteiger partial charge in [-0.3, -0.25) is 19.5 Å². The van der Waals surface area contributed by atoms with E-state index in [9.17, 15) is 9.59 Å². The van der Waals surface area contributed by atoms with Crippen molar-refractivity contribution >= 4 is 11.7 Å². The Hall–Kier alpha value is -2.47. The van der Waals surface area contributed by atoms with E-state index < -0.39 is 0 Å². The average Bonchev–Trinajstić information content (AvgIpc) is 2.92. The van der Waals surface area contributed by atoms with Crippen LogP contribution in [0.3, 0.4) is 0 Å². The molecule has 1 fully saturated rings. The molecule has 1 aliphatic rings. The van der Waals surface area contributed by atoms with Crippen LogP contribution in [0.2, 0.25) is 0 Å². The normalized spacial score (nSPS) is 15.8. The molecule has 0 spiro atoms. The third kappa shape index (κ3) is 4.02. The molecule has 3 heterocycles. The Kier molecular flexibility index (Phi) is 5.52. The Bertz CT molecular complexity index is 790. The third-order valence-electron chi connectivity index (χ3n) is 5.05. The fourth-order valence-corrected chi connectivity index (χ4v) is 3.72. The van der Waals surface area contributed by atoms with Gasteiger partial charge in [-0.25, -0.2) is 0 Å². The Labute approximate surface area is 154 Å². The number of carbonyl (C=O) groups excluding carboxylic acids is 2. The summed E-state index contributed by atoms with van der Waals surface area (Å²) >= 11 is 0. The molecule has 0 aliphatic carbocycles. The van der Waals surface area contributed by atoms with Gasteiger partial charge in [0.05, 0.1) is 5.69 Å². The molecule has 1 saturated heterocycles. The van der Waals surface area contributed by atoms with Crippen LogP contribution in [-0.4, -0.2) is 45.7 Å². The van der Waals surface area contributed by atoms with E-state index in [1.54, 1.807) is 0 Å². The van der Waals surface area contributed by atoms with Gasteiger partial charge in [0.2, 0.25) is 0 Å². The number of aromatic nitrogens is 2. The Morgan fingerprint density at radius 1 is 1.27 bits per heavy atom. The van der Waals surface area contributed by atoms with Crippen LogP contribution >= 0.6 is 0 Å². The summed E-state index contributed by atoms with van der Waals surface area (Å²) in [4.78, 5) is 34.2. The largest absolute Gasteiger partial charge is 0.354 e. The molecule has 1 aliphatic heterocycles. The van der Waals surface area contributed by atoms with E-state index in [0.717, 1.165) is 49.4 Å². The number of H-pyrrole nitrogens is 1. The van der Waals surface area contributed by atoms with Gasteiger partial charge >= 0.3 is 0 Å². The molecule has 1 amide bonds. The third-order valence-corrected chi connectivity index (χ3v) is 5.05. The maximum Gasteiger partial charge on any atom is 0.268 e. The van der Waals surface area contributed by atoms with Crippen LogP contribution in [0.4, 0.5) is 0 Å². The standard InChI is InChI=1S/C20H26N4O2/c1-13-18(15(3)25)14(2)22-19(13)20(26)23-16-7-10-24(11-8-16)12-17-6-4-5-9-21-17/h4-6,9,16,22H,7-8,10-12H2,1-3H3,(H,23,26). The second-order valence-corrected chi connectivity index (χ2v) is 7.03. The van der Waals surface area contributed by atoms with Crippen molar-refractivity contribution in [1.82, 2.24) is 20.2 Å². The molecule has 26 heavy (non-hydrogen) atoms. The van der Waals surface area contributed by atoms with Gasteiger partial charge in [0.1, 0.15) is 5.69 Å². The highest BCUT2D eigenvalue weighted by Crippen LogP contribution is 2.19. The van der Waals surface area contributed by atoms with Crippen molar-refractivity contribution in [3.05, 3.63) is 52.6 Å². The van der Waals surface area contributed by atoms with E-state index in [1.165, 1.54) is 6.92 Å². The summed E-state index contributed by atoms with van der Waals surface area (Å²) in [5.41, 5.74) is 3.69. The smallest absolute Gasteiger partial charge is 0.268 e. The number of hydrogen-bond donors (Lipinski definition) is 2. The number of nitrogens with zero attached hydrogens (tertiary/aromatic N) is 2. The number of nitrogens with one attached hydrogen (secondary N) is 2. The SMILES string of the molecule is CC(=O)c1c(C)[nH]c(C(=O)NC2CCN(Cc3ccccn3)CC2)c1C. The van der Waals surface area contributed by atoms with Gasteiger partial charge in [-0.15, -0.1) is 0 Å². The fourth-order valence-electron chi connectivity index (χ4n) is 3.72. The first-order valence-corrected chi connectivity index (χ1v) is 9.09. The maximum atomic E-state index is 12.6. The monoisotopic (exact) mass is 354 g/mol. The lowest BCUT2D eigenvalue weighted by atomic mass is 10.0. The van der Waals surface area contributed by atoms with E-state index in [4.69, 9.17) is 0 Å². The first-order valence-electron chi connectivity index (χ1n) is 9.09. The van der Waals surface area contributed by atoms with Crippen LogP contribution in [-0.2, 0) is 6.54 Å². The number of piperidine rings is 1. The highest BCUT2D eigenvalue weighted by Gasteiger charge is 2.24. The molecule has 0 atom stereocenters. The van der Waals surface area contributed by atoms with Crippen LogP contribution in [0, 0.1) is 13.8 Å². The summed E-state index contributed by atoms with van der Waals surface area (Å²) in [7, 11) is 0. The summed E-state index contributed by atoms with van der Waals surface area (Å²) in [6.07, 6.45) is 3.64. The predicted molar refractivity (Wildman–Crippen MR) is 100 cm³/mol. The molecule has 2 N–H and O–H groups in total. The van der Waals surface area contributed by atoms with Gasteiger partial charge < -0.3 is 10.3 Å². The van der Waals surface area contributed by atoms with Crippen molar-refractivity contribution in [3.63, 3.8) is 0 Å². The number of Topliss-reactive ketones (excluding diaryl/α,β-unsaturated/α-hetero) is 1. The fraction of sp³-hybridized carbons (Fsp3) is 0.450. The van der Waals surface area contributed by atoms with Gasteiger partial charge in [-0.2, -0.15) is 0 Å². The molecule has 0 unspecified atom stereocenters. The van der Waals surface area contributed by atoms with E-state index in [0.29, 0.717) is 11.3 Å². The first-order chi connectivity index (χ1) is 12.5. The number of likely N-dealkylation sites (tertiary alicyclic amines) is 1. The molecule has 3 rings (SSSR count). The lowest BCUT2D eigenvalue weighted by Crippen LogP contribution is -2.44. The molecule has 0 aromatic carbocycles. The number of aromatic amines is 1. The minimum absolute atomic E-state index is 0.0156. The summed E-state index contributed by atoms with van der Waals surface area (Å²) in [5, 5.41) is 3.12. The van der Waals surface area contributed by atoms with Gasteiger partial charge in [0, 0.05) is 43.1 Å². The topological polar surface area (TPSA) is 78.1 Å². The van der Waals surface area contributed by atoms with Crippen molar-refractivity contribution in [2.75, 3.05) is 13.1 Å². The summed E-state index contributed by atoms with van der Waals surface area (Å²) in [5.74, 6) is -0.139. The Morgan fingerprint density at radius 3 is 2.58 bits per heavy atom. The molecule has 6 nitrogen and oxygen atoms in total. The molecule has 2 aromatic rings. The number of hydrogen-bond acceptors (Lipinski definition) is 4. The van der Waals surface area contributed by atoms with Gasteiger partial charge in [-0.1, -0.05) is 6.07 Å². The van der Waals surface area contributed by atoms with Crippen molar-refractivity contribution in [2.24, 2.45) is 0 Å². The van der Waals surface area contributed by atoms with Crippen molar-refractivity contribution in [1.29, 1.82) is 0 Å². The molecular formula is C20H26N4O2. The first kappa shape index (κ1) is 18.3. The second-order valence-electron chi connectivity index (χ2n) is 7.03. The second kappa shape index (κ2) is 7.83. The lowest BCUT2D eigenvalue weighted by molar-refractivity contribution is 0.0903. The van der Waals surface area contributed by atoms with Gasteiger partial charge in [0.25, 0.3) is 5.91 Å². The average molecular weight is 354 g/mol. The Balaban J connectivity index is 1.55. The lowest BCUT2D eigenvalue weighted by Gasteiger charge is -2.32. The van der Waals surface area contributed by atoms with Gasteiger partial charge in [-0.05, 0) is 51.3 Å². The zero-order chi connectivity index (χ0) is 18.7. The number of carbonyl (C=O) groups is 2. The van der Waals surface area contributed by atoms with Crippen LogP contribution in [0.5, 0.6) is 0 Å². The summed E-state index contributed by atoms with van der Waals surface area (Å²) in [6.45, 7) is 7.90. The molecule has 2 aromatic heterocycles. The molecular weight excluding hydrogens is 328 g/mol. The van der Waals surface area contributed by atoms with Crippen LogP contribution in [0.1, 0.15) is 57.6 Å². The van der Waals surface area contributed by atoms with Crippen molar-refractivity contribution in [2.45, 2.75) is 46.2 Å². The highest BCUT2D eigenvalue weighted by atomic mass is 16.2. The Morgan fingerprint density at radius 2 is 2.00 bits per heavy atom. The van der Waals surface area contributed by atoms with Gasteiger partial charge in [0.15, 0.2) is 5.78 Å². The van der Waals surface area contributed by atoms with E-state index >= 15 is 0 Å². The molecule has 0 saturated carbocycles. The molecule has 138 valence electrons. The van der Waals surface area contributed by atoms with Crippen LogP contribution < -0.4 is 5.32 Å². The van der Waals surface area contributed by atoms with Crippen molar-refractivity contribution in [3.8, 4) is 0 Å². The maximum absolute atomic E-state index is 12.6. The van der Waals surface area contributed by atoms with E-state index in [-0.39, 0.29) is 17.7 Å². The van der Waals surface area contributed by atoms with Crippen LogP contribution in [0.15, 0.2) is 24.4 Å². The van der Waals surface area contributed by atoms with E-state index in [1.807, 2.05) is 38.2 Å². The summed E-state index contributed by atoms with van der Waals surface area (Å²) in [6, 6.07) is 6.13. The highest BCUT2D eigenvalue weighted by molar-refractivity contribution is 6.02. The minimum Gasteiger partial charge on any atom is -0.354 e. The number of pyridine rings is 1. The predicted octanol–water partition coefficient (Wildman–Crippen LogP) is 2.62. The zero-order valence-electron chi connectivity index (χ0n) is 15.6. The quantitative estimate of drug-likeness (QED) is 0.809. The van der Waals surface area contributed by atoms with Crippen molar-refractivity contribution < 1.29 is 9.59 Å². The molecule has 0 radical (unpaired) electrons. The van der Waals surface area contributed by atoms with Crippen LogP contribution in [0.25, 0.3) is 0 Å². The molecule has 6 heteroatoms. The number of aryl methyl sites for hydroxylation is 1. The number of amides is 1. The number of rotatable bonds is 5. The molecule has 0 bridgehead atoms. The minimum atomic E-state index is -0.124. The van der Waals surface area contributed by atoms with E-state index in [2.05, 4.69) is 20.2 Å². The zero-order valence-corrected chi connectivity index (χ0v) is 15.6. The summed E-state index contributed by atoms with van der Waals surface area (Å²) < 4.78 is 0. The number of ketones is 1.